The zero-order chi connectivity index (χ0) is 13.0. The molecule has 3 nitrogen and oxygen atoms in total. The van der Waals surface area contributed by atoms with E-state index < -0.39 is 0 Å². The summed E-state index contributed by atoms with van der Waals surface area (Å²) in [7, 11) is 3.78. The third-order valence-electron chi connectivity index (χ3n) is 3.24. The van der Waals surface area contributed by atoms with Gasteiger partial charge in [-0.15, -0.1) is 0 Å². The van der Waals surface area contributed by atoms with Gasteiger partial charge >= 0.3 is 0 Å². The van der Waals surface area contributed by atoms with E-state index in [4.69, 9.17) is 9.15 Å². The number of ether oxygens (including phenoxy) is 1. The Morgan fingerprint density at radius 1 is 1.22 bits per heavy atom. The molecular formula is C15H19NO2. The fourth-order valence-corrected chi connectivity index (χ4v) is 1.92. The molecule has 0 saturated carbocycles. The maximum Gasteiger partial charge on any atom is 0.118 e. The molecule has 0 unspecified atom stereocenters. The molecule has 0 radical (unpaired) electrons. The Morgan fingerprint density at radius 3 is 2.50 bits per heavy atom. The molecule has 0 spiro atoms. The van der Waals surface area contributed by atoms with Gasteiger partial charge in [-0.25, -0.2) is 0 Å². The third-order valence-corrected chi connectivity index (χ3v) is 3.24. The summed E-state index contributed by atoms with van der Waals surface area (Å²) in [4.78, 5) is 2.25. The average molecular weight is 245 g/mol. The van der Waals surface area contributed by atoms with E-state index in [0.717, 1.165) is 18.1 Å². The first kappa shape index (κ1) is 12.7. The molecule has 96 valence electrons. The molecule has 3 heteroatoms. The summed E-state index contributed by atoms with van der Waals surface area (Å²) >= 11 is 0. The minimum Gasteiger partial charge on any atom is -0.497 e. The van der Waals surface area contributed by atoms with Gasteiger partial charge in [0.2, 0.25) is 0 Å². The summed E-state index contributed by atoms with van der Waals surface area (Å²) in [6, 6.07) is 12.4. The minimum absolute atomic E-state index is 0.334. The second-order valence-electron chi connectivity index (χ2n) is 4.44. The lowest BCUT2D eigenvalue weighted by atomic mass is 10.1. The van der Waals surface area contributed by atoms with E-state index in [-0.39, 0.29) is 0 Å². The van der Waals surface area contributed by atoms with Crippen LogP contribution in [0.1, 0.15) is 24.3 Å². The second-order valence-corrected chi connectivity index (χ2v) is 4.44. The number of hydrogen-bond donors (Lipinski definition) is 0. The topological polar surface area (TPSA) is 25.6 Å². The van der Waals surface area contributed by atoms with Crippen molar-refractivity contribution in [3.63, 3.8) is 0 Å². The van der Waals surface area contributed by atoms with Gasteiger partial charge in [0.15, 0.2) is 0 Å². The van der Waals surface area contributed by atoms with Gasteiger partial charge < -0.3 is 9.15 Å². The Kier molecular flexibility index (Phi) is 4.05. The van der Waals surface area contributed by atoms with Crippen LogP contribution in [0.5, 0.6) is 5.75 Å². The predicted octanol–water partition coefficient (Wildman–Crippen LogP) is 3.48. The van der Waals surface area contributed by atoms with E-state index in [2.05, 4.69) is 31.0 Å². The summed E-state index contributed by atoms with van der Waals surface area (Å²) in [5, 5.41) is 0. The molecule has 2 aromatic rings. The first-order valence-corrected chi connectivity index (χ1v) is 6.07. The summed E-state index contributed by atoms with van der Waals surface area (Å²) in [6.45, 7) is 2.99. The second kappa shape index (κ2) is 5.74. The summed E-state index contributed by atoms with van der Waals surface area (Å²) in [5.74, 6) is 1.87. The first-order valence-electron chi connectivity index (χ1n) is 6.07. The lowest BCUT2D eigenvalue weighted by molar-refractivity contribution is 0.232. The molecule has 1 aromatic heterocycles. The molecule has 0 N–H and O–H groups in total. The van der Waals surface area contributed by atoms with E-state index >= 15 is 0 Å². The molecular weight excluding hydrogens is 226 g/mol. The minimum atomic E-state index is 0.334. The van der Waals surface area contributed by atoms with Crippen molar-refractivity contribution in [2.24, 2.45) is 0 Å². The Hall–Kier alpha value is -1.74. The van der Waals surface area contributed by atoms with Gasteiger partial charge in [0.1, 0.15) is 11.5 Å². The van der Waals surface area contributed by atoms with E-state index in [9.17, 15) is 0 Å². The highest BCUT2D eigenvalue weighted by molar-refractivity contribution is 5.28. The van der Waals surface area contributed by atoms with Crippen LogP contribution in [0.15, 0.2) is 47.1 Å². The largest absolute Gasteiger partial charge is 0.497 e. The van der Waals surface area contributed by atoms with Crippen molar-refractivity contribution in [3.05, 3.63) is 54.0 Å². The lowest BCUT2D eigenvalue weighted by Gasteiger charge is -2.24. The molecule has 0 aliphatic rings. The molecule has 18 heavy (non-hydrogen) atoms. The van der Waals surface area contributed by atoms with Crippen LogP contribution in [-0.4, -0.2) is 19.1 Å². The highest BCUT2D eigenvalue weighted by Gasteiger charge is 2.13. The van der Waals surface area contributed by atoms with Crippen molar-refractivity contribution < 1.29 is 9.15 Å². The zero-order valence-corrected chi connectivity index (χ0v) is 11.1. The zero-order valence-electron chi connectivity index (χ0n) is 11.1. The van der Waals surface area contributed by atoms with Gasteiger partial charge in [-0.05, 0) is 43.8 Å². The number of hydrogen-bond acceptors (Lipinski definition) is 3. The van der Waals surface area contributed by atoms with Crippen molar-refractivity contribution in [3.8, 4) is 5.75 Å². The van der Waals surface area contributed by atoms with Gasteiger partial charge in [0.25, 0.3) is 0 Å². The van der Waals surface area contributed by atoms with Crippen LogP contribution in [-0.2, 0) is 6.54 Å². The average Bonchev–Trinajstić information content (AvgIpc) is 2.91. The van der Waals surface area contributed by atoms with Crippen molar-refractivity contribution in [1.82, 2.24) is 4.90 Å². The van der Waals surface area contributed by atoms with Gasteiger partial charge in [-0.1, -0.05) is 12.1 Å². The Bertz CT molecular complexity index is 462. The van der Waals surface area contributed by atoms with Gasteiger partial charge in [0.05, 0.1) is 19.9 Å². The quantitative estimate of drug-likeness (QED) is 0.806. The summed E-state index contributed by atoms with van der Waals surface area (Å²) in [5.41, 5.74) is 1.27. The van der Waals surface area contributed by atoms with Crippen LogP contribution in [0, 0.1) is 0 Å². The van der Waals surface area contributed by atoms with Crippen LogP contribution < -0.4 is 4.74 Å². The first-order chi connectivity index (χ1) is 8.70. The molecule has 2 rings (SSSR count). The summed E-state index contributed by atoms with van der Waals surface area (Å²) in [6.07, 6.45) is 1.71. The number of furan rings is 1. The Morgan fingerprint density at radius 2 is 1.94 bits per heavy atom. The molecule has 0 bridgehead atoms. The van der Waals surface area contributed by atoms with Gasteiger partial charge in [-0.3, -0.25) is 4.90 Å². The monoisotopic (exact) mass is 245 g/mol. The smallest absolute Gasteiger partial charge is 0.118 e. The highest BCUT2D eigenvalue weighted by atomic mass is 16.5. The Balaban J connectivity index is 2.02. The van der Waals surface area contributed by atoms with E-state index in [1.807, 2.05) is 24.3 Å². The van der Waals surface area contributed by atoms with E-state index in [0.29, 0.717) is 6.04 Å². The van der Waals surface area contributed by atoms with Crippen LogP contribution in [0.2, 0.25) is 0 Å². The molecule has 0 aliphatic heterocycles. The standard InChI is InChI=1S/C15H19NO2/c1-12(13-6-8-14(17-3)9-7-13)16(2)11-15-5-4-10-18-15/h4-10,12H,11H2,1-3H3/t12-/m1/s1. The Labute approximate surface area is 108 Å². The molecule has 0 fully saturated rings. The van der Waals surface area contributed by atoms with Crippen LogP contribution in [0.3, 0.4) is 0 Å². The van der Waals surface area contributed by atoms with Crippen LogP contribution in [0.25, 0.3) is 0 Å². The third kappa shape index (κ3) is 2.93. The lowest BCUT2D eigenvalue weighted by Crippen LogP contribution is -2.21. The number of nitrogens with zero attached hydrogens (tertiary/aromatic N) is 1. The maximum absolute atomic E-state index is 5.37. The van der Waals surface area contributed by atoms with E-state index in [1.165, 1.54) is 5.56 Å². The normalized spacial score (nSPS) is 12.7. The SMILES string of the molecule is COc1ccc([C@@H](C)N(C)Cc2ccco2)cc1. The summed E-state index contributed by atoms with van der Waals surface area (Å²) < 4.78 is 10.5. The van der Waals surface area contributed by atoms with Crippen LogP contribution in [0.4, 0.5) is 0 Å². The fraction of sp³-hybridized carbons (Fsp3) is 0.333. The molecule has 1 heterocycles. The molecule has 1 aromatic carbocycles. The molecule has 0 saturated heterocycles. The van der Waals surface area contributed by atoms with Crippen molar-refractivity contribution in [1.29, 1.82) is 0 Å². The maximum atomic E-state index is 5.37. The number of rotatable bonds is 5. The fourth-order valence-electron chi connectivity index (χ4n) is 1.92. The molecule has 0 amide bonds. The van der Waals surface area contributed by atoms with Gasteiger partial charge in [0, 0.05) is 6.04 Å². The van der Waals surface area contributed by atoms with Crippen molar-refractivity contribution in [2.45, 2.75) is 19.5 Å². The van der Waals surface area contributed by atoms with E-state index in [1.54, 1.807) is 13.4 Å². The highest BCUT2D eigenvalue weighted by Crippen LogP contribution is 2.22. The van der Waals surface area contributed by atoms with Crippen molar-refractivity contribution >= 4 is 0 Å². The number of benzene rings is 1. The molecule has 1 atom stereocenters. The number of methoxy groups -OCH3 is 1. The van der Waals surface area contributed by atoms with Crippen molar-refractivity contribution in [2.75, 3.05) is 14.2 Å². The van der Waals surface area contributed by atoms with Gasteiger partial charge in [-0.2, -0.15) is 0 Å². The molecule has 0 aliphatic carbocycles. The van der Waals surface area contributed by atoms with Crippen LogP contribution >= 0.6 is 0 Å². The predicted molar refractivity (Wildman–Crippen MR) is 71.6 cm³/mol.